The number of carbonyl (C=O) groups is 1. The van der Waals surface area contributed by atoms with Crippen molar-refractivity contribution in [1.29, 1.82) is 0 Å². The van der Waals surface area contributed by atoms with E-state index in [9.17, 15) is 22.4 Å². The van der Waals surface area contributed by atoms with E-state index in [2.05, 4.69) is 10.4 Å². The Labute approximate surface area is 180 Å². The van der Waals surface area contributed by atoms with Gasteiger partial charge in [0.15, 0.2) is 0 Å². The number of aromatic nitrogens is 2. The monoisotopic (exact) mass is 455 g/mol. The van der Waals surface area contributed by atoms with E-state index in [-0.39, 0.29) is 23.1 Å². The van der Waals surface area contributed by atoms with Crippen molar-refractivity contribution < 1.29 is 27.1 Å². The van der Waals surface area contributed by atoms with Crippen LogP contribution in [0, 0.1) is 12.7 Å². The minimum atomic E-state index is -4.55. The van der Waals surface area contributed by atoms with Crippen LogP contribution in [0.25, 0.3) is 5.69 Å². The van der Waals surface area contributed by atoms with Crippen molar-refractivity contribution in [2.24, 2.45) is 0 Å². The smallest absolute Gasteiger partial charge is 0.419 e. The van der Waals surface area contributed by atoms with Gasteiger partial charge in [0.25, 0.3) is 5.91 Å². The summed E-state index contributed by atoms with van der Waals surface area (Å²) in [6.45, 7) is 2.98. The van der Waals surface area contributed by atoms with E-state index in [0.717, 1.165) is 6.07 Å². The molecule has 0 aliphatic rings. The molecule has 164 valence electrons. The van der Waals surface area contributed by atoms with E-state index < -0.39 is 29.5 Å². The van der Waals surface area contributed by atoms with Gasteiger partial charge >= 0.3 is 6.18 Å². The number of aryl methyl sites for hydroxylation is 1. The summed E-state index contributed by atoms with van der Waals surface area (Å²) >= 11 is 6.32. The molecule has 5 nitrogen and oxygen atoms in total. The normalized spacial score (nSPS) is 12.5. The van der Waals surface area contributed by atoms with Crippen molar-refractivity contribution in [3.8, 4) is 11.4 Å². The summed E-state index contributed by atoms with van der Waals surface area (Å²) in [6.07, 6.45) is -4.55. The molecule has 10 heteroatoms. The number of hydrogen-bond donors (Lipinski definition) is 1. The molecule has 3 rings (SSSR count). The topological polar surface area (TPSA) is 56.2 Å². The predicted octanol–water partition coefficient (Wildman–Crippen LogP) is 5.19. The molecule has 0 saturated carbocycles. The second kappa shape index (κ2) is 8.97. The molecule has 3 aromatic rings. The number of carbonyl (C=O) groups excluding carboxylic acids is 1. The third-order valence-electron chi connectivity index (χ3n) is 4.36. The number of amides is 1. The summed E-state index contributed by atoms with van der Waals surface area (Å²) in [6, 6.07) is 9.61. The highest BCUT2D eigenvalue weighted by atomic mass is 35.5. The summed E-state index contributed by atoms with van der Waals surface area (Å²) in [7, 11) is 0. The molecule has 0 bridgehead atoms. The lowest BCUT2D eigenvalue weighted by molar-refractivity contribution is -0.139. The summed E-state index contributed by atoms with van der Waals surface area (Å²) in [4.78, 5) is 12.7. The Balaban J connectivity index is 1.70. The van der Waals surface area contributed by atoms with Crippen LogP contribution in [0.3, 0.4) is 0 Å². The number of nitrogens with zero attached hydrogens (tertiary/aromatic N) is 2. The van der Waals surface area contributed by atoms with Crippen molar-refractivity contribution >= 4 is 17.5 Å². The van der Waals surface area contributed by atoms with Gasteiger partial charge in [-0.1, -0.05) is 23.7 Å². The highest BCUT2D eigenvalue weighted by Crippen LogP contribution is 2.35. The lowest BCUT2D eigenvalue weighted by atomic mass is 10.2. The van der Waals surface area contributed by atoms with E-state index in [1.165, 1.54) is 47.1 Å². The molecule has 31 heavy (non-hydrogen) atoms. The van der Waals surface area contributed by atoms with Gasteiger partial charge in [-0.2, -0.15) is 18.3 Å². The molecule has 0 aliphatic carbocycles. The van der Waals surface area contributed by atoms with Gasteiger partial charge in [-0.05, 0) is 50.2 Å². The van der Waals surface area contributed by atoms with Gasteiger partial charge in [0, 0.05) is 0 Å². The van der Waals surface area contributed by atoms with Crippen LogP contribution in [-0.4, -0.2) is 28.3 Å². The lowest BCUT2D eigenvalue weighted by Gasteiger charge is -2.18. The maximum absolute atomic E-state index is 13.1. The van der Waals surface area contributed by atoms with Gasteiger partial charge in [-0.25, -0.2) is 9.07 Å². The second-order valence-electron chi connectivity index (χ2n) is 6.82. The molecule has 1 unspecified atom stereocenters. The first-order valence-electron chi connectivity index (χ1n) is 9.19. The minimum absolute atomic E-state index is 0.0251. The Morgan fingerprint density at radius 2 is 1.84 bits per heavy atom. The predicted molar refractivity (Wildman–Crippen MR) is 107 cm³/mol. The molecule has 0 aliphatic heterocycles. The molecule has 0 radical (unpaired) electrons. The fourth-order valence-electron chi connectivity index (χ4n) is 2.89. The number of para-hydroxylation sites is 1. The SMILES string of the molecule is Cc1nn(-c2ccc(F)cc2)c(Cl)c1C(=O)NC(C)COc1ccccc1C(F)(F)F. The van der Waals surface area contributed by atoms with E-state index in [1.807, 2.05) is 0 Å². The van der Waals surface area contributed by atoms with Crippen molar-refractivity contribution in [3.05, 3.63) is 76.3 Å². The molecule has 0 spiro atoms. The van der Waals surface area contributed by atoms with Crippen LogP contribution in [0.4, 0.5) is 17.6 Å². The number of halogens is 5. The molecule has 1 aromatic heterocycles. The standard InChI is InChI=1S/C21H18ClF4N3O2/c1-12(11-31-17-6-4-3-5-16(17)21(24,25)26)27-20(30)18-13(2)28-29(19(18)22)15-9-7-14(23)8-10-15/h3-10,12H,11H2,1-2H3,(H,27,30). The summed E-state index contributed by atoms with van der Waals surface area (Å²) in [5.74, 6) is -1.31. The molecule has 1 atom stereocenters. The molecule has 1 heterocycles. The van der Waals surface area contributed by atoms with Crippen molar-refractivity contribution in [3.63, 3.8) is 0 Å². The maximum Gasteiger partial charge on any atom is 0.419 e. The van der Waals surface area contributed by atoms with E-state index in [0.29, 0.717) is 11.4 Å². The van der Waals surface area contributed by atoms with Crippen LogP contribution in [0.2, 0.25) is 5.15 Å². The van der Waals surface area contributed by atoms with Crippen molar-refractivity contribution in [2.45, 2.75) is 26.1 Å². The average molecular weight is 456 g/mol. The number of rotatable bonds is 6. The molecule has 1 amide bonds. The van der Waals surface area contributed by atoms with Gasteiger partial charge < -0.3 is 10.1 Å². The zero-order valence-electron chi connectivity index (χ0n) is 16.5. The van der Waals surface area contributed by atoms with E-state index in [1.54, 1.807) is 13.8 Å². The van der Waals surface area contributed by atoms with Gasteiger partial charge in [0.05, 0.1) is 28.6 Å². The molecular weight excluding hydrogens is 438 g/mol. The minimum Gasteiger partial charge on any atom is -0.491 e. The van der Waals surface area contributed by atoms with Crippen LogP contribution < -0.4 is 10.1 Å². The Hall–Kier alpha value is -3.07. The number of benzene rings is 2. The van der Waals surface area contributed by atoms with Gasteiger partial charge in [-0.15, -0.1) is 0 Å². The largest absolute Gasteiger partial charge is 0.491 e. The zero-order valence-corrected chi connectivity index (χ0v) is 17.3. The van der Waals surface area contributed by atoms with Crippen molar-refractivity contribution in [1.82, 2.24) is 15.1 Å². The zero-order chi connectivity index (χ0) is 22.8. The van der Waals surface area contributed by atoms with Gasteiger partial charge in [0.2, 0.25) is 0 Å². The number of hydrogen-bond acceptors (Lipinski definition) is 3. The van der Waals surface area contributed by atoms with Crippen molar-refractivity contribution in [2.75, 3.05) is 6.61 Å². The van der Waals surface area contributed by atoms with Crippen LogP contribution in [0.1, 0.15) is 28.5 Å². The highest BCUT2D eigenvalue weighted by molar-refractivity contribution is 6.33. The Morgan fingerprint density at radius 3 is 2.48 bits per heavy atom. The molecule has 0 saturated heterocycles. The van der Waals surface area contributed by atoms with E-state index in [4.69, 9.17) is 16.3 Å². The van der Waals surface area contributed by atoms with Gasteiger partial charge in [0.1, 0.15) is 23.3 Å². The highest BCUT2D eigenvalue weighted by Gasteiger charge is 2.34. The number of alkyl halides is 3. The Bertz CT molecular complexity index is 1080. The third kappa shape index (κ3) is 5.16. The number of ether oxygens (including phenoxy) is 1. The third-order valence-corrected chi connectivity index (χ3v) is 4.71. The van der Waals surface area contributed by atoms with Crippen LogP contribution in [0.15, 0.2) is 48.5 Å². The lowest BCUT2D eigenvalue weighted by Crippen LogP contribution is -2.37. The first-order chi connectivity index (χ1) is 14.6. The summed E-state index contributed by atoms with van der Waals surface area (Å²) in [5, 5.41) is 6.88. The fourth-order valence-corrected chi connectivity index (χ4v) is 3.25. The maximum atomic E-state index is 13.1. The Morgan fingerprint density at radius 1 is 1.19 bits per heavy atom. The molecular formula is C21H18ClF4N3O2. The Kier molecular flexibility index (Phi) is 6.54. The van der Waals surface area contributed by atoms with Crippen LogP contribution >= 0.6 is 11.6 Å². The summed E-state index contributed by atoms with van der Waals surface area (Å²) < 4.78 is 58.9. The van der Waals surface area contributed by atoms with Gasteiger partial charge in [-0.3, -0.25) is 4.79 Å². The fraction of sp³-hybridized carbons (Fsp3) is 0.238. The quantitative estimate of drug-likeness (QED) is 0.520. The molecule has 2 aromatic carbocycles. The second-order valence-corrected chi connectivity index (χ2v) is 7.18. The van der Waals surface area contributed by atoms with Crippen LogP contribution in [-0.2, 0) is 6.18 Å². The first kappa shape index (κ1) is 22.6. The first-order valence-corrected chi connectivity index (χ1v) is 9.56. The average Bonchev–Trinajstić information content (AvgIpc) is 3.00. The van der Waals surface area contributed by atoms with Crippen LogP contribution in [0.5, 0.6) is 5.75 Å². The summed E-state index contributed by atoms with van der Waals surface area (Å²) in [5.41, 5.74) is 0.0116. The van der Waals surface area contributed by atoms with E-state index >= 15 is 0 Å². The number of nitrogens with one attached hydrogen (secondary N) is 1. The molecule has 1 N–H and O–H groups in total. The molecule has 0 fully saturated rings.